The van der Waals surface area contributed by atoms with E-state index in [1.165, 1.54) is 6.92 Å². The van der Waals surface area contributed by atoms with Crippen LogP contribution in [0, 0.1) is 6.92 Å². The molecule has 2 amide bonds. The Morgan fingerprint density at radius 1 is 1.19 bits per heavy atom. The van der Waals surface area contributed by atoms with Gasteiger partial charge in [-0.25, -0.2) is 0 Å². The van der Waals surface area contributed by atoms with Crippen LogP contribution in [-0.2, 0) is 16.0 Å². The number of carbonyl (C=O) groups excluding carboxylic acids is 2. The summed E-state index contributed by atoms with van der Waals surface area (Å²) in [4.78, 5) is 25.8. The van der Waals surface area contributed by atoms with Crippen LogP contribution in [0.1, 0.15) is 24.5 Å². The first kappa shape index (κ1) is 20.8. The monoisotopic (exact) mass is 388 g/mol. The van der Waals surface area contributed by atoms with Gasteiger partial charge in [0.15, 0.2) is 0 Å². The van der Waals surface area contributed by atoms with E-state index in [0.29, 0.717) is 29.4 Å². The van der Waals surface area contributed by atoms with Gasteiger partial charge in [-0.05, 0) is 48.7 Å². The first-order valence-corrected chi connectivity index (χ1v) is 9.22. The molecule has 27 heavy (non-hydrogen) atoms. The summed E-state index contributed by atoms with van der Waals surface area (Å²) in [6.07, 6.45) is 0.917. The van der Waals surface area contributed by atoms with Crippen LogP contribution < -0.4 is 15.0 Å². The van der Waals surface area contributed by atoms with Crippen molar-refractivity contribution in [3.8, 4) is 5.75 Å². The van der Waals surface area contributed by atoms with Crippen LogP contribution in [0.25, 0.3) is 0 Å². The summed E-state index contributed by atoms with van der Waals surface area (Å²) in [5, 5.41) is 3.57. The highest BCUT2D eigenvalue weighted by Gasteiger charge is 2.17. The summed E-state index contributed by atoms with van der Waals surface area (Å²) < 4.78 is 5.36. The van der Waals surface area contributed by atoms with Gasteiger partial charge in [-0.15, -0.1) is 0 Å². The van der Waals surface area contributed by atoms with Gasteiger partial charge in [-0.3, -0.25) is 9.59 Å². The van der Waals surface area contributed by atoms with E-state index in [-0.39, 0.29) is 24.8 Å². The van der Waals surface area contributed by atoms with E-state index in [1.54, 1.807) is 12.0 Å². The number of anilines is 1. The standard InChI is InChI=1S/C21H25ClN2O3/c1-15-7-8-20(27-3)19(13-15)24(16(2)25)12-10-21(26)23-11-9-17-5-4-6-18(22)14-17/h4-8,13-14H,9-12H2,1-3H3,(H,23,26). The molecule has 144 valence electrons. The smallest absolute Gasteiger partial charge is 0.223 e. The van der Waals surface area contributed by atoms with Gasteiger partial charge in [0.1, 0.15) is 5.75 Å². The Hall–Kier alpha value is -2.53. The lowest BCUT2D eigenvalue weighted by Gasteiger charge is -2.23. The number of amides is 2. The number of aryl methyl sites for hydroxylation is 1. The fourth-order valence-corrected chi connectivity index (χ4v) is 3.01. The zero-order valence-electron chi connectivity index (χ0n) is 15.9. The Kier molecular flexibility index (Phi) is 7.67. The fraction of sp³-hybridized carbons (Fsp3) is 0.333. The van der Waals surface area contributed by atoms with Crippen LogP contribution in [0.5, 0.6) is 5.75 Å². The number of nitrogens with one attached hydrogen (secondary N) is 1. The summed E-state index contributed by atoms with van der Waals surface area (Å²) in [7, 11) is 1.56. The molecule has 0 radical (unpaired) electrons. The van der Waals surface area contributed by atoms with Crippen molar-refractivity contribution in [1.82, 2.24) is 5.32 Å². The summed E-state index contributed by atoms with van der Waals surface area (Å²) >= 11 is 5.96. The maximum absolute atomic E-state index is 12.2. The maximum atomic E-state index is 12.2. The van der Waals surface area contributed by atoms with Gasteiger partial charge in [0, 0.05) is 31.5 Å². The van der Waals surface area contributed by atoms with Crippen molar-refractivity contribution in [2.24, 2.45) is 0 Å². The first-order chi connectivity index (χ1) is 12.9. The molecule has 0 fully saturated rings. The van der Waals surface area contributed by atoms with Crippen LogP contribution in [0.4, 0.5) is 5.69 Å². The molecule has 0 aliphatic heterocycles. The molecule has 2 aromatic carbocycles. The second-order valence-corrected chi connectivity index (χ2v) is 6.76. The summed E-state index contributed by atoms with van der Waals surface area (Å²) in [6.45, 7) is 4.24. The highest BCUT2D eigenvalue weighted by atomic mass is 35.5. The predicted octanol–water partition coefficient (Wildman–Crippen LogP) is 3.76. The van der Waals surface area contributed by atoms with Gasteiger partial charge in [-0.1, -0.05) is 29.8 Å². The second kappa shape index (κ2) is 9.97. The summed E-state index contributed by atoms with van der Waals surface area (Å²) in [5.74, 6) is 0.373. The molecule has 0 heterocycles. The normalized spacial score (nSPS) is 10.4. The number of ether oxygens (including phenoxy) is 1. The SMILES string of the molecule is COc1ccc(C)cc1N(CCC(=O)NCCc1cccc(Cl)c1)C(C)=O. The molecular weight excluding hydrogens is 364 g/mol. The Balaban J connectivity index is 1.91. The molecule has 0 spiro atoms. The average molecular weight is 389 g/mol. The molecule has 0 aliphatic rings. The molecule has 0 saturated carbocycles. The lowest BCUT2D eigenvalue weighted by molar-refractivity contribution is -0.121. The summed E-state index contributed by atoms with van der Waals surface area (Å²) in [5.41, 5.74) is 2.76. The first-order valence-electron chi connectivity index (χ1n) is 8.84. The fourth-order valence-electron chi connectivity index (χ4n) is 2.80. The molecule has 0 saturated heterocycles. The van der Waals surface area contributed by atoms with Crippen molar-refractivity contribution < 1.29 is 14.3 Å². The minimum absolute atomic E-state index is 0.102. The summed E-state index contributed by atoms with van der Waals surface area (Å²) in [6, 6.07) is 13.2. The van der Waals surface area contributed by atoms with E-state index in [9.17, 15) is 9.59 Å². The third-order valence-corrected chi connectivity index (χ3v) is 4.43. The number of nitrogens with zero attached hydrogens (tertiary/aromatic N) is 1. The third-order valence-electron chi connectivity index (χ3n) is 4.19. The zero-order valence-corrected chi connectivity index (χ0v) is 16.7. The van der Waals surface area contributed by atoms with E-state index < -0.39 is 0 Å². The van der Waals surface area contributed by atoms with Crippen LogP contribution in [0.15, 0.2) is 42.5 Å². The molecule has 0 unspecified atom stereocenters. The minimum atomic E-state index is -0.134. The van der Waals surface area contributed by atoms with Gasteiger partial charge in [0.25, 0.3) is 0 Å². The number of carbonyl (C=O) groups is 2. The van der Waals surface area contributed by atoms with Crippen LogP contribution in [-0.4, -0.2) is 32.0 Å². The van der Waals surface area contributed by atoms with Crippen LogP contribution >= 0.6 is 11.6 Å². The maximum Gasteiger partial charge on any atom is 0.223 e. The minimum Gasteiger partial charge on any atom is -0.495 e. The molecule has 0 bridgehead atoms. The van der Waals surface area contributed by atoms with Crippen molar-refractivity contribution in [3.05, 3.63) is 58.6 Å². The topological polar surface area (TPSA) is 58.6 Å². The van der Waals surface area contributed by atoms with Crippen LogP contribution in [0.3, 0.4) is 0 Å². The quantitative estimate of drug-likeness (QED) is 0.749. The zero-order chi connectivity index (χ0) is 19.8. The van der Waals surface area contributed by atoms with E-state index in [2.05, 4.69) is 5.32 Å². The molecule has 2 aromatic rings. The predicted molar refractivity (Wildman–Crippen MR) is 109 cm³/mol. The Labute approximate surface area is 165 Å². The second-order valence-electron chi connectivity index (χ2n) is 6.33. The highest BCUT2D eigenvalue weighted by Crippen LogP contribution is 2.29. The van der Waals surface area contributed by atoms with E-state index in [0.717, 1.165) is 11.1 Å². The Morgan fingerprint density at radius 2 is 1.96 bits per heavy atom. The van der Waals surface area contributed by atoms with Crippen molar-refractivity contribution in [1.29, 1.82) is 0 Å². The molecule has 2 rings (SSSR count). The molecule has 0 aliphatic carbocycles. The third kappa shape index (κ3) is 6.29. The molecule has 5 nitrogen and oxygen atoms in total. The average Bonchev–Trinajstić information content (AvgIpc) is 2.62. The van der Waals surface area contributed by atoms with Gasteiger partial charge < -0.3 is 15.0 Å². The van der Waals surface area contributed by atoms with Gasteiger partial charge in [0.2, 0.25) is 11.8 Å². The molecule has 0 aromatic heterocycles. The van der Waals surface area contributed by atoms with E-state index in [4.69, 9.17) is 16.3 Å². The van der Waals surface area contributed by atoms with Gasteiger partial charge >= 0.3 is 0 Å². The van der Waals surface area contributed by atoms with Crippen molar-refractivity contribution in [3.63, 3.8) is 0 Å². The van der Waals surface area contributed by atoms with Gasteiger partial charge in [-0.2, -0.15) is 0 Å². The van der Waals surface area contributed by atoms with E-state index in [1.807, 2.05) is 49.4 Å². The number of halogens is 1. The number of rotatable bonds is 8. The van der Waals surface area contributed by atoms with Crippen molar-refractivity contribution in [2.75, 3.05) is 25.1 Å². The van der Waals surface area contributed by atoms with Crippen LogP contribution in [0.2, 0.25) is 5.02 Å². The number of methoxy groups -OCH3 is 1. The number of hydrogen-bond donors (Lipinski definition) is 1. The van der Waals surface area contributed by atoms with Gasteiger partial charge in [0.05, 0.1) is 12.8 Å². The highest BCUT2D eigenvalue weighted by molar-refractivity contribution is 6.30. The molecular formula is C21H25ClN2O3. The lowest BCUT2D eigenvalue weighted by atomic mass is 10.1. The van der Waals surface area contributed by atoms with Crippen molar-refractivity contribution >= 4 is 29.1 Å². The largest absolute Gasteiger partial charge is 0.495 e. The molecule has 0 atom stereocenters. The molecule has 6 heteroatoms. The Morgan fingerprint density at radius 3 is 2.63 bits per heavy atom. The number of hydrogen-bond acceptors (Lipinski definition) is 3. The van der Waals surface area contributed by atoms with Crippen molar-refractivity contribution in [2.45, 2.75) is 26.7 Å². The number of benzene rings is 2. The lowest BCUT2D eigenvalue weighted by Crippen LogP contribution is -2.34. The Bertz CT molecular complexity index is 808. The molecule has 1 N–H and O–H groups in total. The van der Waals surface area contributed by atoms with E-state index >= 15 is 0 Å².